The molecule has 0 atom stereocenters. The highest BCUT2D eigenvalue weighted by atomic mass is 16.5. The Labute approximate surface area is 406 Å². The molecule has 0 saturated heterocycles. The summed E-state index contributed by atoms with van der Waals surface area (Å²) >= 11 is 0. The SMILES string of the molecule is [2H]c1c([2H])c([2H])c(-c2ccc3c(c2)n(-c2cccc(Oc4ccc5c6ccccc6n(-c6cc(C(C)(C)C)ccn6)c5c4)c2)[c-][n+]3-c2c(-c3cccc(C(C)(C)C)c3)cccc2-c2c([2H])c([2H])c([2H])c([2H])c2[2H])c([2H])c1[2H]. The molecule has 8 aromatic carbocycles. The number of rotatable bonds is 8. The van der Waals surface area contributed by atoms with Gasteiger partial charge in [0.15, 0.2) is 0 Å². The van der Waals surface area contributed by atoms with Crippen molar-refractivity contribution in [1.29, 1.82) is 0 Å². The standard InChI is InChI=1S/C62H52N4O/c1-61(2,3)46-23-15-22-45(36-46)52-28-17-27-51(43-20-11-8-12-21-43)60(52)65-41-64(58-37-44(30-33-56(58)65)42-18-9-7-10-19-42)48-24-16-25-49(39-48)67-50-31-32-54-53-26-13-14-29-55(53)66(57(54)40-50)59-38-47(34-35-63-59)62(4,5)6/h7-40H,1-6H3/i7D,8D,9D,10D,11D,12D,18D,19D,20D,21D. The van der Waals surface area contributed by atoms with E-state index in [-0.39, 0.29) is 46.1 Å². The predicted molar refractivity (Wildman–Crippen MR) is 276 cm³/mol. The number of nitrogens with zero attached hydrogens (tertiary/aromatic N) is 4. The predicted octanol–water partition coefficient (Wildman–Crippen LogP) is 15.6. The lowest BCUT2D eigenvalue weighted by atomic mass is 9.85. The van der Waals surface area contributed by atoms with Crippen molar-refractivity contribution >= 4 is 32.8 Å². The van der Waals surface area contributed by atoms with Crippen LogP contribution in [-0.2, 0) is 10.8 Å². The Hall–Kier alpha value is -8.02. The van der Waals surface area contributed by atoms with Crippen LogP contribution in [0.5, 0.6) is 11.5 Å². The van der Waals surface area contributed by atoms with Crippen molar-refractivity contribution in [3.05, 3.63) is 224 Å². The fraction of sp³-hybridized carbons (Fsp3) is 0.129. The molecule has 0 aliphatic rings. The summed E-state index contributed by atoms with van der Waals surface area (Å²) in [4.78, 5) is 4.85. The monoisotopic (exact) mass is 878 g/mol. The molecule has 11 rings (SSSR count). The smallest absolute Gasteiger partial charge is 0.269 e. The topological polar surface area (TPSA) is 35.9 Å². The van der Waals surface area contributed by atoms with Crippen LogP contribution in [0.3, 0.4) is 0 Å². The summed E-state index contributed by atoms with van der Waals surface area (Å²) in [5, 5.41) is 2.11. The van der Waals surface area contributed by atoms with E-state index in [4.69, 9.17) is 20.7 Å². The second kappa shape index (κ2) is 16.4. The molecular formula is C62H52N4O. The first kappa shape index (κ1) is 31.8. The van der Waals surface area contributed by atoms with Crippen molar-refractivity contribution in [3.63, 3.8) is 0 Å². The number of fused-ring (bicyclic) bond motifs is 4. The van der Waals surface area contributed by atoms with Crippen LogP contribution >= 0.6 is 0 Å². The minimum Gasteiger partial charge on any atom is -0.458 e. The van der Waals surface area contributed by atoms with E-state index in [1.807, 2.05) is 85.1 Å². The number of pyridine rings is 1. The Bertz CT molecular complexity index is 4180. The summed E-state index contributed by atoms with van der Waals surface area (Å²) in [7, 11) is 0. The highest BCUT2D eigenvalue weighted by molar-refractivity contribution is 6.09. The second-order valence-electron chi connectivity index (χ2n) is 18.8. The van der Waals surface area contributed by atoms with E-state index < -0.39 is 36.3 Å². The third kappa shape index (κ3) is 7.76. The van der Waals surface area contributed by atoms with Crippen LogP contribution in [0.15, 0.2) is 206 Å². The van der Waals surface area contributed by atoms with Gasteiger partial charge in [-0.3, -0.25) is 13.7 Å². The zero-order chi connectivity index (χ0) is 54.6. The normalized spacial score (nSPS) is 14.1. The van der Waals surface area contributed by atoms with Crippen molar-refractivity contribution in [2.75, 3.05) is 0 Å². The average molecular weight is 879 g/mol. The Morgan fingerprint density at radius 3 is 1.97 bits per heavy atom. The Balaban J connectivity index is 1.14. The molecule has 0 unspecified atom stereocenters. The van der Waals surface area contributed by atoms with Crippen molar-refractivity contribution in [1.82, 2.24) is 14.1 Å². The van der Waals surface area contributed by atoms with E-state index >= 15 is 0 Å². The summed E-state index contributed by atoms with van der Waals surface area (Å²) in [6, 6.07) is 40.4. The number of ether oxygens (including phenoxy) is 1. The Kier molecular flexibility index (Phi) is 7.80. The van der Waals surface area contributed by atoms with Crippen LogP contribution in [0, 0.1) is 6.33 Å². The molecule has 0 radical (unpaired) electrons. The number of benzene rings is 8. The Morgan fingerprint density at radius 1 is 0.522 bits per heavy atom. The van der Waals surface area contributed by atoms with Gasteiger partial charge < -0.3 is 4.74 Å². The second-order valence-corrected chi connectivity index (χ2v) is 18.8. The zero-order valence-corrected chi connectivity index (χ0v) is 38.1. The molecule has 5 nitrogen and oxygen atoms in total. The number of imidazole rings is 1. The molecule has 67 heavy (non-hydrogen) atoms. The van der Waals surface area contributed by atoms with Crippen LogP contribution in [-0.4, -0.2) is 14.1 Å². The van der Waals surface area contributed by atoms with Crippen LogP contribution in [0.2, 0.25) is 0 Å². The van der Waals surface area contributed by atoms with Gasteiger partial charge in [0, 0.05) is 23.0 Å². The molecular weight excluding hydrogens is 817 g/mol. The molecule has 326 valence electrons. The van der Waals surface area contributed by atoms with Gasteiger partial charge in [0.1, 0.15) is 17.3 Å². The maximum Gasteiger partial charge on any atom is 0.269 e. The van der Waals surface area contributed by atoms with Gasteiger partial charge in [-0.2, -0.15) is 0 Å². The third-order valence-corrected chi connectivity index (χ3v) is 12.3. The summed E-state index contributed by atoms with van der Waals surface area (Å²) < 4.78 is 100. The zero-order valence-electron chi connectivity index (χ0n) is 48.1. The quantitative estimate of drug-likeness (QED) is 0.113. The maximum atomic E-state index is 9.22. The van der Waals surface area contributed by atoms with Gasteiger partial charge in [-0.15, -0.1) is 0 Å². The fourth-order valence-corrected chi connectivity index (χ4v) is 8.86. The molecule has 5 heteroatoms. The third-order valence-electron chi connectivity index (χ3n) is 12.3. The van der Waals surface area contributed by atoms with E-state index in [1.165, 1.54) is 0 Å². The van der Waals surface area contributed by atoms with Gasteiger partial charge >= 0.3 is 0 Å². The molecule has 0 N–H and O–H groups in total. The molecule has 0 spiro atoms. The summed E-state index contributed by atoms with van der Waals surface area (Å²) in [5.74, 6) is 1.84. The molecule has 0 saturated carbocycles. The number of hydrogen-bond acceptors (Lipinski definition) is 2. The molecule has 11 aromatic rings. The fourth-order valence-electron chi connectivity index (χ4n) is 8.86. The van der Waals surface area contributed by atoms with Gasteiger partial charge in [0.2, 0.25) is 0 Å². The first-order valence-electron chi connectivity index (χ1n) is 27.3. The molecule has 0 amide bonds. The van der Waals surface area contributed by atoms with Crippen LogP contribution < -0.4 is 9.30 Å². The van der Waals surface area contributed by atoms with Crippen LogP contribution in [0.25, 0.3) is 83.4 Å². The summed E-state index contributed by atoms with van der Waals surface area (Å²) in [6.07, 6.45) is 5.44. The van der Waals surface area contributed by atoms with Gasteiger partial charge in [0.05, 0.1) is 47.1 Å². The first-order chi connectivity index (χ1) is 36.6. The molecule has 0 aliphatic carbocycles. The minimum absolute atomic E-state index is 0.00136. The summed E-state index contributed by atoms with van der Waals surface area (Å²) in [6.45, 7) is 12.9. The van der Waals surface area contributed by atoms with Crippen molar-refractivity contribution in [3.8, 4) is 62.1 Å². The van der Waals surface area contributed by atoms with Gasteiger partial charge in [-0.1, -0.05) is 181 Å². The molecule has 3 heterocycles. The average Bonchev–Trinajstić information content (AvgIpc) is 4.08. The Morgan fingerprint density at radius 2 is 1.19 bits per heavy atom. The first-order valence-corrected chi connectivity index (χ1v) is 22.3. The number of hydrogen-bond donors (Lipinski definition) is 0. The highest BCUT2D eigenvalue weighted by Crippen LogP contribution is 2.39. The molecule has 0 aliphatic heterocycles. The molecule has 0 bridgehead atoms. The van der Waals surface area contributed by atoms with E-state index in [9.17, 15) is 2.74 Å². The van der Waals surface area contributed by atoms with E-state index in [2.05, 4.69) is 88.8 Å². The summed E-state index contributed by atoms with van der Waals surface area (Å²) in [5.41, 5.74) is 8.09. The van der Waals surface area contributed by atoms with E-state index in [1.54, 1.807) is 33.4 Å². The minimum atomic E-state index is -0.511. The van der Waals surface area contributed by atoms with Gasteiger partial charge in [-0.05, 0) is 110 Å². The lowest BCUT2D eigenvalue weighted by molar-refractivity contribution is -0.571. The lowest BCUT2D eigenvalue weighted by Gasteiger charge is -2.21. The number of para-hydroxylation sites is 2. The molecule has 3 aromatic heterocycles. The van der Waals surface area contributed by atoms with Crippen molar-refractivity contribution in [2.24, 2.45) is 0 Å². The van der Waals surface area contributed by atoms with E-state index in [0.29, 0.717) is 50.6 Å². The molecule has 0 fully saturated rings. The highest BCUT2D eigenvalue weighted by Gasteiger charge is 2.23. The van der Waals surface area contributed by atoms with Crippen LogP contribution in [0.4, 0.5) is 0 Å². The maximum absolute atomic E-state index is 9.22. The largest absolute Gasteiger partial charge is 0.458 e. The van der Waals surface area contributed by atoms with Crippen molar-refractivity contribution < 1.29 is 23.0 Å². The number of aromatic nitrogens is 4. The lowest BCUT2D eigenvalue weighted by Crippen LogP contribution is -2.31. The van der Waals surface area contributed by atoms with Gasteiger partial charge in [0.25, 0.3) is 6.33 Å². The van der Waals surface area contributed by atoms with Crippen molar-refractivity contribution in [2.45, 2.75) is 52.4 Å². The van der Waals surface area contributed by atoms with Gasteiger partial charge in [-0.25, -0.2) is 4.98 Å². The van der Waals surface area contributed by atoms with E-state index in [0.717, 1.165) is 44.3 Å². The van der Waals surface area contributed by atoms with Crippen LogP contribution in [0.1, 0.15) is 66.4 Å².